The smallest absolute Gasteiger partial charge is 0.246 e. The number of nitrogens with zero attached hydrogens (tertiary/aromatic N) is 1. The van der Waals surface area contributed by atoms with E-state index in [4.69, 9.17) is 0 Å². The Morgan fingerprint density at radius 1 is 1.03 bits per heavy atom. The van der Waals surface area contributed by atoms with Crippen LogP contribution < -0.4 is 5.32 Å². The van der Waals surface area contributed by atoms with Crippen LogP contribution in [0, 0.1) is 5.92 Å². The van der Waals surface area contributed by atoms with Crippen LogP contribution >= 0.6 is 0 Å². The number of nitrogens with one attached hydrogen (secondary N) is 1. The molecule has 0 unspecified atom stereocenters. The molecule has 4 heteroatoms. The molecular formula is C26H30N2O2. The van der Waals surface area contributed by atoms with Crippen molar-refractivity contribution in [1.29, 1.82) is 0 Å². The van der Waals surface area contributed by atoms with Crippen LogP contribution in [0.4, 0.5) is 0 Å². The maximum atomic E-state index is 12.8. The molecule has 2 heterocycles. The zero-order valence-corrected chi connectivity index (χ0v) is 17.4. The second kappa shape index (κ2) is 9.86. The zero-order chi connectivity index (χ0) is 20.8. The predicted molar refractivity (Wildman–Crippen MR) is 119 cm³/mol. The SMILES string of the molecule is O=C(C[C@H](/C=C/C(=O)N1Cc2ccccc2C1)CCc1ccccc1)[C@@H]1CCCN1. The second-order valence-corrected chi connectivity index (χ2v) is 8.43. The lowest BCUT2D eigenvalue weighted by Gasteiger charge is -2.17. The van der Waals surface area contributed by atoms with Gasteiger partial charge < -0.3 is 10.2 Å². The number of aryl methyl sites for hydroxylation is 1. The van der Waals surface area contributed by atoms with Crippen LogP contribution in [0.1, 0.15) is 42.4 Å². The van der Waals surface area contributed by atoms with Gasteiger partial charge in [-0.2, -0.15) is 0 Å². The van der Waals surface area contributed by atoms with Crippen molar-refractivity contribution in [2.75, 3.05) is 6.54 Å². The first-order valence-corrected chi connectivity index (χ1v) is 11.0. The summed E-state index contributed by atoms with van der Waals surface area (Å²) in [5, 5.41) is 3.31. The Bertz CT molecular complexity index is 875. The molecule has 0 saturated carbocycles. The van der Waals surface area contributed by atoms with Gasteiger partial charge in [0, 0.05) is 19.5 Å². The highest BCUT2D eigenvalue weighted by Gasteiger charge is 2.25. The van der Waals surface area contributed by atoms with Crippen molar-refractivity contribution in [3.8, 4) is 0 Å². The van der Waals surface area contributed by atoms with Gasteiger partial charge in [-0.1, -0.05) is 60.7 Å². The third-order valence-electron chi connectivity index (χ3n) is 6.22. The number of fused-ring (bicyclic) bond motifs is 1. The number of allylic oxidation sites excluding steroid dienone is 1. The molecule has 2 aromatic rings. The highest BCUT2D eigenvalue weighted by Crippen LogP contribution is 2.23. The summed E-state index contributed by atoms with van der Waals surface area (Å²) in [7, 11) is 0. The van der Waals surface area contributed by atoms with Crippen molar-refractivity contribution in [2.45, 2.75) is 51.2 Å². The van der Waals surface area contributed by atoms with Gasteiger partial charge in [-0.25, -0.2) is 0 Å². The van der Waals surface area contributed by atoms with E-state index in [0.717, 1.165) is 32.2 Å². The van der Waals surface area contributed by atoms with E-state index in [1.807, 2.05) is 41.3 Å². The standard InChI is InChI=1S/C26H30N2O2/c29-25(24-11-6-16-27-24)17-21(13-12-20-7-2-1-3-8-20)14-15-26(30)28-18-22-9-4-5-10-23(22)19-28/h1-5,7-10,14-15,21,24,27H,6,11-13,16-19H2/b15-14+/t21-,24-/m0/s1. The summed E-state index contributed by atoms with van der Waals surface area (Å²) < 4.78 is 0. The summed E-state index contributed by atoms with van der Waals surface area (Å²) in [5.41, 5.74) is 3.72. The lowest BCUT2D eigenvalue weighted by molar-refractivity contribution is -0.126. The Balaban J connectivity index is 1.39. The number of rotatable bonds is 8. The minimum absolute atomic E-state index is 0.0126. The molecule has 0 spiro atoms. The van der Waals surface area contributed by atoms with Crippen molar-refractivity contribution in [2.24, 2.45) is 5.92 Å². The molecule has 2 aliphatic heterocycles. The van der Waals surface area contributed by atoms with Gasteiger partial charge in [0.05, 0.1) is 6.04 Å². The lowest BCUT2D eigenvalue weighted by atomic mass is 9.91. The lowest BCUT2D eigenvalue weighted by Crippen LogP contribution is -2.32. The van der Waals surface area contributed by atoms with E-state index >= 15 is 0 Å². The molecule has 4 rings (SSSR count). The Morgan fingerprint density at radius 3 is 2.40 bits per heavy atom. The maximum absolute atomic E-state index is 12.8. The fourth-order valence-electron chi connectivity index (χ4n) is 4.44. The van der Waals surface area contributed by atoms with Crippen molar-refractivity contribution >= 4 is 11.7 Å². The van der Waals surface area contributed by atoms with Crippen LogP contribution in [0.2, 0.25) is 0 Å². The van der Waals surface area contributed by atoms with Crippen LogP contribution in [0.25, 0.3) is 0 Å². The summed E-state index contributed by atoms with van der Waals surface area (Å²) >= 11 is 0. The second-order valence-electron chi connectivity index (χ2n) is 8.43. The molecule has 2 atom stereocenters. The largest absolute Gasteiger partial charge is 0.330 e. The van der Waals surface area contributed by atoms with Gasteiger partial charge in [-0.3, -0.25) is 9.59 Å². The number of carbonyl (C=O) groups is 2. The van der Waals surface area contributed by atoms with Crippen molar-refractivity contribution in [1.82, 2.24) is 10.2 Å². The molecular weight excluding hydrogens is 372 g/mol. The molecule has 2 aliphatic rings. The Hall–Kier alpha value is -2.72. The van der Waals surface area contributed by atoms with E-state index in [1.165, 1.54) is 16.7 Å². The molecule has 1 fully saturated rings. The topological polar surface area (TPSA) is 49.4 Å². The molecule has 0 radical (unpaired) electrons. The van der Waals surface area contributed by atoms with E-state index in [0.29, 0.717) is 19.5 Å². The first-order valence-electron chi connectivity index (χ1n) is 11.0. The van der Waals surface area contributed by atoms with Gasteiger partial charge in [0.2, 0.25) is 5.91 Å². The zero-order valence-electron chi connectivity index (χ0n) is 17.4. The van der Waals surface area contributed by atoms with Crippen molar-refractivity contribution in [3.63, 3.8) is 0 Å². The van der Waals surface area contributed by atoms with Crippen LogP contribution in [0.3, 0.4) is 0 Å². The Morgan fingerprint density at radius 2 is 1.73 bits per heavy atom. The molecule has 0 aromatic heterocycles. The summed E-state index contributed by atoms with van der Waals surface area (Å²) in [6, 6.07) is 18.5. The summed E-state index contributed by atoms with van der Waals surface area (Å²) in [6.45, 7) is 2.26. The van der Waals surface area contributed by atoms with E-state index in [1.54, 1.807) is 6.08 Å². The number of hydrogen-bond donors (Lipinski definition) is 1. The van der Waals surface area contributed by atoms with Crippen LogP contribution in [-0.2, 0) is 29.1 Å². The highest BCUT2D eigenvalue weighted by atomic mass is 16.2. The Kier molecular flexibility index (Phi) is 6.75. The van der Waals surface area contributed by atoms with Crippen LogP contribution in [-0.4, -0.2) is 29.2 Å². The Labute approximate surface area is 179 Å². The quantitative estimate of drug-likeness (QED) is 0.678. The monoisotopic (exact) mass is 402 g/mol. The summed E-state index contributed by atoms with van der Waals surface area (Å²) in [6.07, 6.45) is 7.93. The molecule has 30 heavy (non-hydrogen) atoms. The summed E-state index contributed by atoms with van der Waals surface area (Å²) in [5.74, 6) is 0.382. The van der Waals surface area contributed by atoms with Gasteiger partial charge >= 0.3 is 0 Å². The summed E-state index contributed by atoms with van der Waals surface area (Å²) in [4.78, 5) is 27.4. The van der Waals surface area contributed by atoms with Gasteiger partial charge in [0.15, 0.2) is 0 Å². The molecule has 4 nitrogen and oxygen atoms in total. The van der Waals surface area contributed by atoms with Gasteiger partial charge in [-0.05, 0) is 60.9 Å². The number of carbonyl (C=O) groups excluding carboxylic acids is 2. The first kappa shape index (κ1) is 20.5. The fourth-order valence-corrected chi connectivity index (χ4v) is 4.44. The van der Waals surface area contributed by atoms with Gasteiger partial charge in [0.1, 0.15) is 5.78 Å². The number of amides is 1. The molecule has 0 aliphatic carbocycles. The average Bonchev–Trinajstić information content (AvgIpc) is 3.46. The average molecular weight is 403 g/mol. The minimum Gasteiger partial charge on any atom is -0.330 e. The fraction of sp³-hybridized carbons (Fsp3) is 0.385. The molecule has 156 valence electrons. The molecule has 1 saturated heterocycles. The first-order chi connectivity index (χ1) is 14.7. The maximum Gasteiger partial charge on any atom is 0.246 e. The highest BCUT2D eigenvalue weighted by molar-refractivity contribution is 5.88. The minimum atomic E-state index is -0.0126. The third kappa shape index (κ3) is 5.25. The van der Waals surface area contributed by atoms with Crippen LogP contribution in [0.5, 0.6) is 0 Å². The van der Waals surface area contributed by atoms with Gasteiger partial charge in [-0.15, -0.1) is 0 Å². The number of Topliss-reactive ketones (excluding diaryl/α,β-unsaturated/α-hetero) is 1. The molecule has 1 N–H and O–H groups in total. The molecule has 2 aromatic carbocycles. The number of hydrogen-bond acceptors (Lipinski definition) is 3. The van der Waals surface area contributed by atoms with E-state index in [-0.39, 0.29) is 23.7 Å². The molecule has 0 bridgehead atoms. The van der Waals surface area contributed by atoms with Crippen molar-refractivity contribution < 1.29 is 9.59 Å². The van der Waals surface area contributed by atoms with Crippen molar-refractivity contribution in [3.05, 3.63) is 83.4 Å². The van der Waals surface area contributed by atoms with E-state index in [9.17, 15) is 9.59 Å². The van der Waals surface area contributed by atoms with E-state index < -0.39 is 0 Å². The number of benzene rings is 2. The van der Waals surface area contributed by atoms with Gasteiger partial charge in [0.25, 0.3) is 0 Å². The molecule has 1 amide bonds. The normalized spacial score (nSPS) is 19.2. The predicted octanol–water partition coefficient (Wildman–Crippen LogP) is 4.05. The van der Waals surface area contributed by atoms with Crippen LogP contribution in [0.15, 0.2) is 66.7 Å². The third-order valence-corrected chi connectivity index (χ3v) is 6.22. The van der Waals surface area contributed by atoms with E-state index in [2.05, 4.69) is 29.6 Å². The number of ketones is 1.